The van der Waals surface area contributed by atoms with Gasteiger partial charge in [0.25, 0.3) is 0 Å². The normalized spacial score (nSPS) is 29.4. The molecule has 20 heavy (non-hydrogen) atoms. The highest BCUT2D eigenvalue weighted by atomic mass is 14.8. The van der Waals surface area contributed by atoms with E-state index in [0.29, 0.717) is 6.04 Å². The minimum absolute atomic E-state index is 0.616. The van der Waals surface area contributed by atoms with Crippen molar-refractivity contribution in [1.29, 1.82) is 0 Å². The summed E-state index contributed by atoms with van der Waals surface area (Å²) in [7, 11) is 0. The molecular weight excluding hydrogens is 244 g/mol. The van der Waals surface area contributed by atoms with Gasteiger partial charge in [-0.05, 0) is 56.1 Å². The number of nitrogens with one attached hydrogen (secondary N) is 1. The van der Waals surface area contributed by atoms with Crippen molar-refractivity contribution in [3.8, 4) is 0 Å². The van der Waals surface area contributed by atoms with E-state index in [0.717, 1.165) is 18.3 Å². The van der Waals surface area contributed by atoms with E-state index in [1.54, 1.807) is 0 Å². The molecule has 0 aliphatic heterocycles. The van der Waals surface area contributed by atoms with Gasteiger partial charge in [0.15, 0.2) is 0 Å². The van der Waals surface area contributed by atoms with Gasteiger partial charge in [-0.1, -0.05) is 18.2 Å². The van der Waals surface area contributed by atoms with Gasteiger partial charge in [0.1, 0.15) is 0 Å². The molecule has 3 saturated carbocycles. The van der Waals surface area contributed by atoms with E-state index < -0.39 is 0 Å². The first kappa shape index (κ1) is 12.2. The van der Waals surface area contributed by atoms with E-state index in [1.165, 1.54) is 47.9 Å². The van der Waals surface area contributed by atoms with E-state index in [-0.39, 0.29) is 0 Å². The summed E-state index contributed by atoms with van der Waals surface area (Å²) in [5.74, 6) is 1.94. The zero-order valence-corrected chi connectivity index (χ0v) is 12.1. The standard InChI is InChI=1S/C18H22N2/c1-12(20-17-7-6-13-9-14(17)10-13)8-15-11-19-18-5-3-2-4-16(15)18/h2-5,11,13-14,17,19H,6-10H2,1H3/b20-12+. The maximum Gasteiger partial charge on any atom is 0.0527 e. The lowest BCUT2D eigenvalue weighted by atomic mass is 9.63. The Bertz CT molecular complexity index is 643. The lowest BCUT2D eigenvalue weighted by Crippen LogP contribution is -2.39. The summed E-state index contributed by atoms with van der Waals surface area (Å²) in [6.07, 6.45) is 8.73. The number of hydrogen-bond donors (Lipinski definition) is 1. The first-order valence-electron chi connectivity index (χ1n) is 7.88. The molecule has 1 N–H and O–H groups in total. The molecule has 104 valence electrons. The molecule has 1 heterocycles. The van der Waals surface area contributed by atoms with Gasteiger partial charge in [0.2, 0.25) is 0 Å². The fourth-order valence-electron chi connectivity index (χ4n) is 4.03. The van der Waals surface area contributed by atoms with Crippen LogP contribution in [0.15, 0.2) is 35.5 Å². The highest BCUT2D eigenvalue weighted by molar-refractivity contribution is 5.91. The van der Waals surface area contributed by atoms with E-state index in [1.807, 2.05) is 0 Å². The number of nitrogens with zero attached hydrogens (tertiary/aromatic N) is 1. The zero-order chi connectivity index (χ0) is 13.5. The molecule has 0 radical (unpaired) electrons. The first-order chi connectivity index (χ1) is 9.79. The van der Waals surface area contributed by atoms with Crippen LogP contribution in [0, 0.1) is 11.8 Å². The summed E-state index contributed by atoms with van der Waals surface area (Å²) in [4.78, 5) is 8.40. The second kappa shape index (κ2) is 4.76. The summed E-state index contributed by atoms with van der Waals surface area (Å²) < 4.78 is 0. The fraction of sp³-hybridized carbons (Fsp3) is 0.500. The minimum atomic E-state index is 0.616. The third-order valence-electron chi connectivity index (χ3n) is 5.19. The molecule has 3 fully saturated rings. The number of aromatic amines is 1. The van der Waals surface area contributed by atoms with Gasteiger partial charge in [-0.25, -0.2) is 0 Å². The van der Waals surface area contributed by atoms with Crippen molar-refractivity contribution in [3.63, 3.8) is 0 Å². The van der Waals surface area contributed by atoms with Crippen LogP contribution in [0.1, 0.15) is 38.2 Å². The summed E-state index contributed by atoms with van der Waals surface area (Å²) in [6.45, 7) is 2.20. The van der Waals surface area contributed by atoms with Gasteiger partial charge >= 0.3 is 0 Å². The monoisotopic (exact) mass is 266 g/mol. The second-order valence-electron chi connectivity index (χ2n) is 6.64. The molecule has 3 aliphatic carbocycles. The number of H-pyrrole nitrogens is 1. The Balaban J connectivity index is 1.53. The molecule has 3 aliphatic rings. The molecule has 1 aromatic carbocycles. The maximum atomic E-state index is 5.04. The summed E-state index contributed by atoms with van der Waals surface area (Å²) in [6, 6.07) is 9.15. The molecule has 0 saturated heterocycles. The Hall–Kier alpha value is -1.57. The van der Waals surface area contributed by atoms with Gasteiger partial charge in [-0.15, -0.1) is 0 Å². The van der Waals surface area contributed by atoms with Crippen LogP contribution >= 0.6 is 0 Å². The van der Waals surface area contributed by atoms with Gasteiger partial charge in [-0.3, -0.25) is 4.99 Å². The largest absolute Gasteiger partial charge is 0.361 e. The topological polar surface area (TPSA) is 28.1 Å². The Kier molecular flexibility index (Phi) is 2.90. The summed E-state index contributed by atoms with van der Waals surface area (Å²) in [5, 5.41) is 1.34. The third-order valence-corrected chi connectivity index (χ3v) is 5.19. The third kappa shape index (κ3) is 2.07. The molecule has 0 amide bonds. The highest BCUT2D eigenvalue weighted by Crippen LogP contribution is 2.46. The molecule has 2 nitrogen and oxygen atoms in total. The highest BCUT2D eigenvalue weighted by Gasteiger charge is 2.39. The molecule has 1 aromatic heterocycles. The Morgan fingerprint density at radius 1 is 1.25 bits per heavy atom. The van der Waals surface area contributed by atoms with Crippen LogP contribution < -0.4 is 0 Å². The average molecular weight is 266 g/mol. The summed E-state index contributed by atoms with van der Waals surface area (Å²) in [5.41, 5.74) is 3.91. The molecule has 1 atom stereocenters. The van der Waals surface area contributed by atoms with Crippen LogP contribution in [0.4, 0.5) is 0 Å². The Morgan fingerprint density at radius 2 is 2.10 bits per heavy atom. The number of fused-ring (bicyclic) bond motifs is 3. The molecule has 0 spiro atoms. The molecule has 2 aromatic rings. The molecular formula is C18H22N2. The fourth-order valence-corrected chi connectivity index (χ4v) is 4.03. The van der Waals surface area contributed by atoms with Crippen molar-refractivity contribution >= 4 is 16.6 Å². The zero-order valence-electron chi connectivity index (χ0n) is 12.1. The maximum absolute atomic E-state index is 5.04. The van der Waals surface area contributed by atoms with Crippen molar-refractivity contribution in [2.75, 3.05) is 0 Å². The number of benzene rings is 1. The predicted octanol–water partition coefficient (Wildman–Crippen LogP) is 4.36. The number of rotatable bonds is 3. The van der Waals surface area contributed by atoms with Crippen LogP contribution in [0.2, 0.25) is 0 Å². The number of hydrogen-bond acceptors (Lipinski definition) is 1. The number of para-hydroxylation sites is 1. The van der Waals surface area contributed by atoms with E-state index in [4.69, 9.17) is 4.99 Å². The Labute approximate surface area is 120 Å². The van der Waals surface area contributed by atoms with E-state index in [9.17, 15) is 0 Å². The molecule has 2 heteroatoms. The van der Waals surface area contributed by atoms with Crippen molar-refractivity contribution < 1.29 is 0 Å². The smallest absolute Gasteiger partial charge is 0.0527 e. The van der Waals surface area contributed by atoms with Gasteiger partial charge in [0, 0.05) is 29.2 Å². The average Bonchev–Trinajstić information content (AvgIpc) is 2.81. The Morgan fingerprint density at radius 3 is 2.90 bits per heavy atom. The first-order valence-corrected chi connectivity index (χ1v) is 7.88. The van der Waals surface area contributed by atoms with Gasteiger partial charge in [-0.2, -0.15) is 0 Å². The van der Waals surface area contributed by atoms with Gasteiger partial charge in [0.05, 0.1) is 6.04 Å². The van der Waals surface area contributed by atoms with Crippen LogP contribution in [-0.2, 0) is 6.42 Å². The quantitative estimate of drug-likeness (QED) is 0.800. The SMILES string of the molecule is C/C(Cc1c[nH]c2ccccc12)=N\C1CCC2CC1C2. The van der Waals surface area contributed by atoms with Crippen molar-refractivity contribution in [3.05, 3.63) is 36.0 Å². The lowest BCUT2D eigenvalue weighted by molar-refractivity contribution is 0.0927. The molecule has 1 unspecified atom stereocenters. The second-order valence-corrected chi connectivity index (χ2v) is 6.64. The van der Waals surface area contributed by atoms with Crippen molar-refractivity contribution in [2.45, 2.75) is 45.1 Å². The van der Waals surface area contributed by atoms with E-state index in [2.05, 4.69) is 42.4 Å². The number of aromatic nitrogens is 1. The molecule has 5 rings (SSSR count). The van der Waals surface area contributed by atoms with E-state index >= 15 is 0 Å². The van der Waals surface area contributed by atoms with Crippen LogP contribution in [0.25, 0.3) is 10.9 Å². The van der Waals surface area contributed by atoms with Crippen molar-refractivity contribution in [2.24, 2.45) is 16.8 Å². The van der Waals surface area contributed by atoms with Gasteiger partial charge < -0.3 is 4.98 Å². The van der Waals surface area contributed by atoms with Crippen LogP contribution in [0.5, 0.6) is 0 Å². The lowest BCUT2D eigenvalue weighted by Gasteiger charge is -2.45. The van der Waals surface area contributed by atoms with Crippen molar-refractivity contribution in [1.82, 2.24) is 4.98 Å². The summed E-state index contributed by atoms with van der Waals surface area (Å²) >= 11 is 0. The van der Waals surface area contributed by atoms with Crippen LogP contribution in [0.3, 0.4) is 0 Å². The molecule has 2 bridgehead atoms. The number of aliphatic imine (C=N–C) groups is 1. The predicted molar refractivity (Wildman–Crippen MR) is 84.3 cm³/mol. The minimum Gasteiger partial charge on any atom is -0.361 e. The van der Waals surface area contributed by atoms with Crippen LogP contribution in [-0.4, -0.2) is 16.7 Å².